The van der Waals surface area contributed by atoms with Crippen molar-refractivity contribution in [1.82, 2.24) is 14.7 Å². The van der Waals surface area contributed by atoms with Gasteiger partial charge in [0.15, 0.2) is 0 Å². The Hall–Kier alpha value is -2.88. The molecule has 1 amide bonds. The van der Waals surface area contributed by atoms with Gasteiger partial charge in [0.2, 0.25) is 5.91 Å². The van der Waals surface area contributed by atoms with E-state index in [1.807, 2.05) is 13.8 Å². The van der Waals surface area contributed by atoms with Gasteiger partial charge in [0.1, 0.15) is 11.7 Å². The van der Waals surface area contributed by atoms with Crippen LogP contribution in [0.4, 0.5) is 18.9 Å². The number of hydrogen-bond acceptors (Lipinski definition) is 4. The van der Waals surface area contributed by atoms with Crippen LogP contribution in [0.3, 0.4) is 0 Å². The SMILES string of the molecule is Cc1nn(CC(C)C)c(Cl)c1/C=C/C(=O)N(Cc1ccccc1[N+](=O)[O-])CC(F)(F)F. The van der Waals surface area contributed by atoms with Crippen molar-refractivity contribution in [1.29, 1.82) is 0 Å². The number of benzene rings is 1. The summed E-state index contributed by atoms with van der Waals surface area (Å²) in [7, 11) is 0. The van der Waals surface area contributed by atoms with Crippen molar-refractivity contribution in [3.05, 3.63) is 62.4 Å². The van der Waals surface area contributed by atoms with E-state index < -0.39 is 30.1 Å². The molecule has 0 aliphatic rings. The Balaban J connectivity index is 2.31. The Kier molecular flexibility index (Phi) is 7.83. The summed E-state index contributed by atoms with van der Waals surface area (Å²) < 4.78 is 40.7. The summed E-state index contributed by atoms with van der Waals surface area (Å²) in [5.41, 5.74) is 0.585. The van der Waals surface area contributed by atoms with Gasteiger partial charge in [0.05, 0.1) is 17.2 Å². The zero-order valence-corrected chi connectivity index (χ0v) is 17.9. The highest BCUT2D eigenvalue weighted by molar-refractivity contribution is 6.31. The third-order valence-corrected chi connectivity index (χ3v) is 4.67. The number of nitro groups is 1. The third kappa shape index (κ3) is 6.81. The number of halogens is 4. The molecule has 1 aromatic heterocycles. The van der Waals surface area contributed by atoms with Crippen LogP contribution in [0.25, 0.3) is 6.08 Å². The summed E-state index contributed by atoms with van der Waals surface area (Å²) in [4.78, 5) is 23.6. The highest BCUT2D eigenvalue weighted by Crippen LogP contribution is 2.25. The fourth-order valence-corrected chi connectivity index (χ4v) is 3.25. The minimum Gasteiger partial charge on any atom is -0.325 e. The van der Waals surface area contributed by atoms with Crippen LogP contribution >= 0.6 is 11.6 Å². The van der Waals surface area contributed by atoms with Crippen molar-refractivity contribution in [3.8, 4) is 0 Å². The molecule has 0 atom stereocenters. The molecule has 1 aromatic carbocycles. The molecule has 0 aliphatic heterocycles. The second-order valence-electron chi connectivity index (χ2n) is 7.39. The number of aryl methyl sites for hydroxylation is 1. The maximum atomic E-state index is 13.1. The number of rotatable bonds is 8. The van der Waals surface area contributed by atoms with E-state index in [9.17, 15) is 28.1 Å². The Morgan fingerprint density at radius 2 is 2.00 bits per heavy atom. The van der Waals surface area contributed by atoms with Crippen LogP contribution < -0.4 is 0 Å². The summed E-state index contributed by atoms with van der Waals surface area (Å²) in [6.07, 6.45) is -2.40. The molecule has 0 N–H and O–H groups in total. The summed E-state index contributed by atoms with van der Waals surface area (Å²) in [6.45, 7) is 4.04. The van der Waals surface area contributed by atoms with E-state index in [0.29, 0.717) is 22.7 Å². The average molecular weight is 459 g/mol. The first-order valence-corrected chi connectivity index (χ1v) is 9.75. The molecule has 2 aromatic rings. The van der Waals surface area contributed by atoms with Crippen LogP contribution in [-0.2, 0) is 17.9 Å². The number of amides is 1. The molecule has 2 rings (SSSR count). The van der Waals surface area contributed by atoms with E-state index in [-0.39, 0.29) is 22.3 Å². The van der Waals surface area contributed by atoms with Crippen LogP contribution in [0, 0.1) is 23.0 Å². The minimum atomic E-state index is -4.68. The maximum absolute atomic E-state index is 13.1. The molecule has 1 heterocycles. The first-order valence-electron chi connectivity index (χ1n) is 9.38. The predicted molar refractivity (Wildman–Crippen MR) is 110 cm³/mol. The molecule has 0 saturated carbocycles. The van der Waals surface area contributed by atoms with Crippen LogP contribution in [0.1, 0.15) is 30.7 Å². The normalized spacial score (nSPS) is 12.0. The molecule has 0 saturated heterocycles. The van der Waals surface area contributed by atoms with Gasteiger partial charge in [-0.3, -0.25) is 19.6 Å². The Labute approximate surface area is 182 Å². The molecule has 168 valence electrons. The van der Waals surface area contributed by atoms with Crippen molar-refractivity contribution in [3.63, 3.8) is 0 Å². The monoisotopic (exact) mass is 458 g/mol. The lowest BCUT2D eigenvalue weighted by Gasteiger charge is -2.22. The highest BCUT2D eigenvalue weighted by atomic mass is 35.5. The number of carbonyl (C=O) groups excluding carboxylic acids is 1. The van der Waals surface area contributed by atoms with Crippen LogP contribution in [0.2, 0.25) is 5.15 Å². The van der Waals surface area contributed by atoms with E-state index in [1.165, 1.54) is 30.3 Å². The lowest BCUT2D eigenvalue weighted by molar-refractivity contribution is -0.385. The molecule has 0 bridgehead atoms. The fourth-order valence-electron chi connectivity index (χ4n) is 2.94. The van der Waals surface area contributed by atoms with Crippen molar-refractivity contribution in [2.75, 3.05) is 6.54 Å². The number of nitro benzene ring substituents is 1. The second-order valence-corrected chi connectivity index (χ2v) is 7.75. The van der Waals surface area contributed by atoms with Crippen molar-refractivity contribution in [2.24, 2.45) is 5.92 Å². The minimum absolute atomic E-state index is 0.00235. The summed E-state index contributed by atoms with van der Waals surface area (Å²) in [5, 5.41) is 15.7. The Bertz CT molecular complexity index is 987. The number of alkyl halides is 3. The molecule has 0 radical (unpaired) electrons. The van der Waals surface area contributed by atoms with Gasteiger partial charge < -0.3 is 4.90 Å². The Morgan fingerprint density at radius 1 is 1.35 bits per heavy atom. The Morgan fingerprint density at radius 3 is 2.58 bits per heavy atom. The smallest absolute Gasteiger partial charge is 0.325 e. The number of nitrogens with zero attached hydrogens (tertiary/aromatic N) is 4. The second kappa shape index (κ2) is 9.95. The van der Waals surface area contributed by atoms with E-state index in [4.69, 9.17) is 11.6 Å². The number of carbonyl (C=O) groups is 1. The first-order chi connectivity index (χ1) is 14.4. The molecule has 0 spiro atoms. The summed E-state index contributed by atoms with van der Waals surface area (Å²) in [6, 6.07) is 5.35. The van der Waals surface area contributed by atoms with Gasteiger partial charge in [0, 0.05) is 29.8 Å². The van der Waals surface area contributed by atoms with Gasteiger partial charge in [0.25, 0.3) is 5.69 Å². The molecule has 11 heteroatoms. The van der Waals surface area contributed by atoms with Crippen molar-refractivity contribution in [2.45, 2.75) is 40.0 Å². The maximum Gasteiger partial charge on any atom is 0.406 e. The van der Waals surface area contributed by atoms with E-state index in [0.717, 1.165) is 6.08 Å². The standard InChI is InChI=1S/C20H22ClF3N4O3/c1-13(2)10-27-19(21)16(14(3)25-27)8-9-18(29)26(12-20(22,23)24)11-15-6-4-5-7-17(15)28(30)31/h4-9,13H,10-12H2,1-3H3/b9-8+. The van der Waals surface area contributed by atoms with Gasteiger partial charge in [-0.1, -0.05) is 43.6 Å². The van der Waals surface area contributed by atoms with Gasteiger partial charge in [-0.2, -0.15) is 18.3 Å². The quantitative estimate of drug-likeness (QED) is 0.316. The summed E-state index contributed by atoms with van der Waals surface area (Å²) in [5.74, 6) is -0.693. The largest absolute Gasteiger partial charge is 0.406 e. The van der Waals surface area contributed by atoms with Crippen LogP contribution in [0.15, 0.2) is 30.3 Å². The molecule has 31 heavy (non-hydrogen) atoms. The molecular weight excluding hydrogens is 437 g/mol. The zero-order chi connectivity index (χ0) is 23.3. The molecule has 0 aliphatic carbocycles. The topological polar surface area (TPSA) is 81.3 Å². The van der Waals surface area contributed by atoms with Crippen LogP contribution in [0.5, 0.6) is 0 Å². The number of para-hydroxylation sites is 1. The lowest BCUT2D eigenvalue weighted by atomic mass is 10.1. The van der Waals surface area contributed by atoms with Gasteiger partial charge in [-0.25, -0.2) is 0 Å². The van der Waals surface area contributed by atoms with Crippen molar-refractivity contribution >= 4 is 29.3 Å². The van der Waals surface area contributed by atoms with Crippen molar-refractivity contribution < 1.29 is 22.9 Å². The van der Waals surface area contributed by atoms with Gasteiger partial charge in [-0.05, 0) is 18.9 Å². The lowest BCUT2D eigenvalue weighted by Crippen LogP contribution is -2.37. The molecule has 0 unspecified atom stereocenters. The number of aromatic nitrogens is 2. The van der Waals surface area contributed by atoms with Gasteiger partial charge in [-0.15, -0.1) is 0 Å². The molecule has 7 nitrogen and oxygen atoms in total. The predicted octanol–water partition coefficient (Wildman–Crippen LogP) is 5.01. The zero-order valence-electron chi connectivity index (χ0n) is 17.2. The molecular formula is C20H22ClF3N4O3. The average Bonchev–Trinajstić information content (AvgIpc) is 2.90. The molecule has 0 fully saturated rings. The number of hydrogen-bond donors (Lipinski definition) is 0. The highest BCUT2D eigenvalue weighted by Gasteiger charge is 2.33. The van der Waals surface area contributed by atoms with Crippen LogP contribution in [-0.4, -0.2) is 38.2 Å². The van der Waals surface area contributed by atoms with E-state index in [1.54, 1.807) is 11.6 Å². The van der Waals surface area contributed by atoms with E-state index >= 15 is 0 Å². The first kappa shape index (κ1) is 24.4. The third-order valence-electron chi connectivity index (χ3n) is 4.27. The fraction of sp³-hybridized carbons (Fsp3) is 0.400. The summed E-state index contributed by atoms with van der Waals surface area (Å²) >= 11 is 6.30. The van der Waals surface area contributed by atoms with E-state index in [2.05, 4.69) is 5.10 Å². The van der Waals surface area contributed by atoms with Gasteiger partial charge >= 0.3 is 6.18 Å².